The predicted octanol–water partition coefficient (Wildman–Crippen LogP) is 2.57. The van der Waals surface area contributed by atoms with Crippen LogP contribution in [0.5, 0.6) is 5.75 Å². The normalized spacial score (nSPS) is 10.9. The van der Waals surface area contributed by atoms with Crippen molar-refractivity contribution in [2.45, 2.75) is 0 Å². The van der Waals surface area contributed by atoms with Crippen molar-refractivity contribution >= 4 is 16.6 Å². The number of rotatable bonds is 6. The summed E-state index contributed by atoms with van der Waals surface area (Å²) in [6.45, 7) is 0.756. The zero-order valence-electron chi connectivity index (χ0n) is 13.3. The number of hydrogen-bond donors (Lipinski definition) is 0. The first-order valence-corrected chi connectivity index (χ1v) is 7.28. The number of nitro benzene ring substituents is 1. The van der Waals surface area contributed by atoms with E-state index in [0.717, 1.165) is 5.56 Å². The van der Waals surface area contributed by atoms with Crippen LogP contribution in [0.4, 0.5) is 5.69 Å². The van der Waals surface area contributed by atoms with Crippen LogP contribution < -0.4 is 4.74 Å². The van der Waals surface area contributed by atoms with Crippen LogP contribution in [0.2, 0.25) is 0 Å². The van der Waals surface area contributed by atoms with Gasteiger partial charge in [0.15, 0.2) is 0 Å². The van der Waals surface area contributed by atoms with Gasteiger partial charge in [0.1, 0.15) is 12.4 Å². The number of aromatic nitrogens is 3. The fourth-order valence-corrected chi connectivity index (χ4v) is 2.35. The zero-order valence-corrected chi connectivity index (χ0v) is 13.3. The Labute approximate surface area is 137 Å². The molecule has 1 aromatic carbocycles. The lowest BCUT2D eigenvalue weighted by Gasteiger charge is -2.10. The Morgan fingerprint density at radius 1 is 1.29 bits per heavy atom. The highest BCUT2D eigenvalue weighted by molar-refractivity contribution is 5.89. The van der Waals surface area contributed by atoms with Crippen molar-refractivity contribution in [3.8, 4) is 17.0 Å². The SMILES string of the molecule is COCCOc1cc(-c2cnn(C)c2)nc2ccc([N+](=O)[O-])cc12. The van der Waals surface area contributed by atoms with Gasteiger partial charge in [0.25, 0.3) is 5.69 Å². The third kappa shape index (κ3) is 3.18. The summed E-state index contributed by atoms with van der Waals surface area (Å²) in [6.07, 6.45) is 3.55. The molecule has 0 fully saturated rings. The number of pyridine rings is 1. The number of methoxy groups -OCH3 is 1. The molecule has 2 aromatic heterocycles. The minimum atomic E-state index is -0.437. The average molecular weight is 328 g/mol. The second kappa shape index (κ2) is 6.63. The molecule has 0 aliphatic rings. The standard InChI is InChI=1S/C16H16N4O4/c1-19-10-11(9-17-19)15-8-16(24-6-5-23-2)13-7-12(20(21)22)3-4-14(13)18-15/h3-4,7-10H,5-6H2,1-2H3. The smallest absolute Gasteiger partial charge is 0.270 e. The van der Waals surface area contributed by atoms with Crippen LogP contribution in [0, 0.1) is 10.1 Å². The fourth-order valence-electron chi connectivity index (χ4n) is 2.35. The van der Waals surface area contributed by atoms with E-state index in [-0.39, 0.29) is 5.69 Å². The van der Waals surface area contributed by atoms with E-state index in [2.05, 4.69) is 10.1 Å². The number of non-ortho nitro benzene ring substituents is 1. The molecule has 0 atom stereocenters. The molecule has 0 bridgehead atoms. The molecule has 3 aromatic rings. The van der Waals surface area contributed by atoms with Crippen LogP contribution in [-0.2, 0) is 11.8 Å². The van der Waals surface area contributed by atoms with E-state index in [0.29, 0.717) is 35.6 Å². The number of hydrogen-bond acceptors (Lipinski definition) is 6. The van der Waals surface area contributed by atoms with E-state index < -0.39 is 4.92 Å². The van der Waals surface area contributed by atoms with Crippen molar-refractivity contribution in [1.82, 2.24) is 14.8 Å². The first kappa shape index (κ1) is 15.9. The Bertz CT molecular complexity index is 891. The van der Waals surface area contributed by atoms with Crippen molar-refractivity contribution in [3.05, 3.63) is 46.8 Å². The predicted molar refractivity (Wildman–Crippen MR) is 88.0 cm³/mol. The van der Waals surface area contributed by atoms with E-state index in [1.807, 2.05) is 13.2 Å². The molecular formula is C16H16N4O4. The van der Waals surface area contributed by atoms with E-state index in [1.54, 1.807) is 30.1 Å². The van der Waals surface area contributed by atoms with Gasteiger partial charge in [0.05, 0.1) is 28.9 Å². The van der Waals surface area contributed by atoms with E-state index >= 15 is 0 Å². The Balaban J connectivity index is 2.12. The molecule has 3 rings (SSSR count). The molecule has 0 aliphatic carbocycles. The van der Waals surface area contributed by atoms with Gasteiger partial charge in [-0.3, -0.25) is 14.8 Å². The van der Waals surface area contributed by atoms with Crippen molar-refractivity contribution in [1.29, 1.82) is 0 Å². The van der Waals surface area contributed by atoms with Crippen LogP contribution in [0.15, 0.2) is 36.7 Å². The summed E-state index contributed by atoms with van der Waals surface area (Å²) >= 11 is 0. The van der Waals surface area contributed by atoms with Gasteiger partial charge in [-0.25, -0.2) is 4.98 Å². The lowest BCUT2D eigenvalue weighted by molar-refractivity contribution is -0.384. The highest BCUT2D eigenvalue weighted by Gasteiger charge is 2.14. The highest BCUT2D eigenvalue weighted by atomic mass is 16.6. The van der Waals surface area contributed by atoms with Gasteiger partial charge < -0.3 is 9.47 Å². The van der Waals surface area contributed by atoms with Gasteiger partial charge in [-0.15, -0.1) is 0 Å². The molecule has 2 heterocycles. The quantitative estimate of drug-likeness (QED) is 0.392. The second-order valence-electron chi connectivity index (χ2n) is 5.21. The largest absolute Gasteiger partial charge is 0.490 e. The van der Waals surface area contributed by atoms with Crippen LogP contribution in [0.25, 0.3) is 22.2 Å². The lowest BCUT2D eigenvalue weighted by Crippen LogP contribution is -2.05. The second-order valence-corrected chi connectivity index (χ2v) is 5.21. The summed E-state index contributed by atoms with van der Waals surface area (Å²) in [7, 11) is 3.41. The maximum atomic E-state index is 11.0. The van der Waals surface area contributed by atoms with E-state index in [1.165, 1.54) is 12.1 Å². The van der Waals surface area contributed by atoms with Crippen molar-refractivity contribution in [3.63, 3.8) is 0 Å². The topological polar surface area (TPSA) is 92.3 Å². The van der Waals surface area contributed by atoms with E-state index in [4.69, 9.17) is 9.47 Å². The molecule has 0 N–H and O–H groups in total. The molecule has 8 heteroatoms. The first-order chi connectivity index (χ1) is 11.6. The number of nitrogens with zero attached hydrogens (tertiary/aromatic N) is 4. The summed E-state index contributed by atoms with van der Waals surface area (Å²) in [4.78, 5) is 15.1. The van der Waals surface area contributed by atoms with Crippen LogP contribution in [0.3, 0.4) is 0 Å². The molecule has 24 heavy (non-hydrogen) atoms. The Hall–Kier alpha value is -3.00. The molecule has 0 saturated carbocycles. The zero-order chi connectivity index (χ0) is 17.1. The minimum absolute atomic E-state index is 0.00461. The summed E-state index contributed by atoms with van der Waals surface area (Å²) in [5.74, 6) is 0.527. The molecule has 8 nitrogen and oxygen atoms in total. The van der Waals surface area contributed by atoms with Crippen LogP contribution in [0.1, 0.15) is 0 Å². The molecule has 0 spiro atoms. The molecule has 124 valence electrons. The molecule has 0 unspecified atom stereocenters. The molecular weight excluding hydrogens is 312 g/mol. The van der Waals surface area contributed by atoms with Gasteiger partial charge in [-0.2, -0.15) is 5.10 Å². The van der Waals surface area contributed by atoms with Crippen molar-refractivity contribution in [2.75, 3.05) is 20.3 Å². The van der Waals surface area contributed by atoms with Crippen LogP contribution in [-0.4, -0.2) is 40.0 Å². The van der Waals surface area contributed by atoms with Gasteiger partial charge in [0.2, 0.25) is 0 Å². The number of benzene rings is 1. The third-order valence-electron chi connectivity index (χ3n) is 3.51. The van der Waals surface area contributed by atoms with E-state index in [9.17, 15) is 10.1 Å². The van der Waals surface area contributed by atoms with Gasteiger partial charge in [-0.05, 0) is 6.07 Å². The molecule has 0 aliphatic heterocycles. The van der Waals surface area contributed by atoms with Gasteiger partial charge in [-0.1, -0.05) is 0 Å². The number of aryl methyl sites for hydroxylation is 1. The van der Waals surface area contributed by atoms with Gasteiger partial charge in [0, 0.05) is 49.5 Å². The average Bonchev–Trinajstić information content (AvgIpc) is 3.01. The number of fused-ring (bicyclic) bond motifs is 1. The summed E-state index contributed by atoms with van der Waals surface area (Å²) in [5, 5.41) is 15.8. The lowest BCUT2D eigenvalue weighted by atomic mass is 10.1. The summed E-state index contributed by atoms with van der Waals surface area (Å²) in [6, 6.07) is 6.29. The molecule has 0 saturated heterocycles. The summed E-state index contributed by atoms with van der Waals surface area (Å²) in [5.41, 5.74) is 2.15. The highest BCUT2D eigenvalue weighted by Crippen LogP contribution is 2.32. The fraction of sp³-hybridized carbons (Fsp3) is 0.250. The minimum Gasteiger partial charge on any atom is -0.490 e. The molecule has 0 radical (unpaired) electrons. The number of nitro groups is 1. The summed E-state index contributed by atoms with van der Waals surface area (Å²) < 4.78 is 12.4. The first-order valence-electron chi connectivity index (χ1n) is 7.28. The Morgan fingerprint density at radius 2 is 2.12 bits per heavy atom. The van der Waals surface area contributed by atoms with Gasteiger partial charge >= 0.3 is 0 Å². The van der Waals surface area contributed by atoms with Crippen molar-refractivity contribution < 1.29 is 14.4 Å². The van der Waals surface area contributed by atoms with Crippen molar-refractivity contribution in [2.24, 2.45) is 7.05 Å². The maximum Gasteiger partial charge on any atom is 0.270 e. The molecule has 0 amide bonds. The number of ether oxygens (including phenoxy) is 2. The maximum absolute atomic E-state index is 11.0. The monoisotopic (exact) mass is 328 g/mol. The Kier molecular flexibility index (Phi) is 4.39. The van der Waals surface area contributed by atoms with Crippen LogP contribution >= 0.6 is 0 Å². The Morgan fingerprint density at radius 3 is 2.79 bits per heavy atom. The third-order valence-corrected chi connectivity index (χ3v) is 3.51.